The molecular formula is C16H31NOS. The van der Waals surface area contributed by atoms with Crippen LogP contribution in [0.15, 0.2) is 0 Å². The van der Waals surface area contributed by atoms with Crippen LogP contribution in [0.5, 0.6) is 0 Å². The number of nitrogens with one attached hydrogen (secondary N) is 1. The van der Waals surface area contributed by atoms with Crippen molar-refractivity contribution in [1.82, 2.24) is 5.32 Å². The Balaban J connectivity index is 2.07. The zero-order valence-corrected chi connectivity index (χ0v) is 13.8. The summed E-state index contributed by atoms with van der Waals surface area (Å²) in [4.78, 5) is 0. The first-order valence-electron chi connectivity index (χ1n) is 8.09. The van der Waals surface area contributed by atoms with Crippen LogP contribution in [-0.4, -0.2) is 27.8 Å². The molecule has 0 aliphatic heterocycles. The fourth-order valence-electron chi connectivity index (χ4n) is 4.31. The third kappa shape index (κ3) is 3.60. The molecular weight excluding hydrogens is 254 g/mol. The second-order valence-electron chi connectivity index (χ2n) is 7.14. The molecule has 0 aromatic rings. The Morgan fingerprint density at radius 2 is 1.74 bits per heavy atom. The van der Waals surface area contributed by atoms with Crippen LogP contribution in [0.1, 0.15) is 59.3 Å². The topological polar surface area (TPSA) is 29.1 Å². The lowest BCUT2D eigenvalue weighted by molar-refractivity contribution is 0.251. The van der Waals surface area contributed by atoms with Gasteiger partial charge in [-0.05, 0) is 50.5 Å². The van der Waals surface area contributed by atoms with Crippen molar-refractivity contribution in [3.63, 3.8) is 0 Å². The highest BCUT2D eigenvalue weighted by molar-refractivity contribution is 7.86. The van der Waals surface area contributed by atoms with E-state index in [2.05, 4.69) is 26.1 Å². The quantitative estimate of drug-likeness (QED) is 0.861. The van der Waals surface area contributed by atoms with Crippen LogP contribution in [0.4, 0.5) is 0 Å². The molecule has 2 nitrogen and oxygen atoms in total. The number of hydrogen-bond acceptors (Lipinski definition) is 2. The maximum atomic E-state index is 13.1. The Morgan fingerprint density at radius 3 is 2.37 bits per heavy atom. The van der Waals surface area contributed by atoms with E-state index >= 15 is 0 Å². The fourth-order valence-corrected chi connectivity index (χ4v) is 6.82. The van der Waals surface area contributed by atoms with Gasteiger partial charge >= 0.3 is 0 Å². The van der Waals surface area contributed by atoms with Crippen molar-refractivity contribution in [3.05, 3.63) is 0 Å². The van der Waals surface area contributed by atoms with Crippen molar-refractivity contribution >= 4 is 10.8 Å². The Labute approximate surface area is 121 Å². The Bertz CT molecular complexity index is 320. The van der Waals surface area contributed by atoms with E-state index in [9.17, 15) is 4.21 Å². The van der Waals surface area contributed by atoms with Gasteiger partial charge in [-0.15, -0.1) is 0 Å². The van der Waals surface area contributed by atoms with Crippen molar-refractivity contribution in [2.75, 3.05) is 7.05 Å². The molecule has 0 heterocycles. The van der Waals surface area contributed by atoms with Crippen LogP contribution >= 0.6 is 0 Å². The molecule has 0 aromatic carbocycles. The summed E-state index contributed by atoms with van der Waals surface area (Å²) in [6.07, 6.45) is 7.42. The van der Waals surface area contributed by atoms with Crippen molar-refractivity contribution < 1.29 is 4.21 Å². The highest BCUT2D eigenvalue weighted by Crippen LogP contribution is 2.36. The molecule has 2 rings (SSSR count). The molecule has 0 spiro atoms. The van der Waals surface area contributed by atoms with Gasteiger partial charge in [0, 0.05) is 22.1 Å². The summed E-state index contributed by atoms with van der Waals surface area (Å²) in [7, 11) is 1.39. The number of rotatable bonds is 3. The highest BCUT2D eigenvalue weighted by atomic mass is 32.2. The molecule has 2 aliphatic rings. The number of hydrogen-bond donors (Lipinski definition) is 1. The summed E-state index contributed by atoms with van der Waals surface area (Å²) >= 11 is 0. The van der Waals surface area contributed by atoms with Gasteiger partial charge in [0.2, 0.25) is 0 Å². The fraction of sp³-hybridized carbons (Fsp3) is 1.00. The molecule has 0 saturated heterocycles. The van der Waals surface area contributed by atoms with Gasteiger partial charge in [0.15, 0.2) is 0 Å². The Morgan fingerprint density at radius 1 is 1.00 bits per heavy atom. The minimum absolute atomic E-state index is 0.372. The van der Waals surface area contributed by atoms with E-state index < -0.39 is 10.8 Å². The molecule has 2 saturated carbocycles. The predicted molar refractivity (Wildman–Crippen MR) is 83.8 cm³/mol. The van der Waals surface area contributed by atoms with Crippen LogP contribution in [0, 0.1) is 17.8 Å². The zero-order valence-electron chi connectivity index (χ0n) is 13.0. The van der Waals surface area contributed by atoms with E-state index in [1.165, 1.54) is 38.5 Å². The zero-order chi connectivity index (χ0) is 14.0. The molecule has 19 heavy (non-hydrogen) atoms. The molecule has 0 bridgehead atoms. The summed E-state index contributed by atoms with van der Waals surface area (Å²) in [6, 6.07) is 0.455. The van der Waals surface area contributed by atoms with E-state index in [1.54, 1.807) is 0 Å². The molecule has 112 valence electrons. The van der Waals surface area contributed by atoms with E-state index in [0.717, 1.165) is 11.8 Å². The first kappa shape index (κ1) is 15.5. The van der Waals surface area contributed by atoms with Gasteiger partial charge in [0.25, 0.3) is 0 Å². The predicted octanol–water partition coefficient (Wildman–Crippen LogP) is 3.34. The van der Waals surface area contributed by atoms with Crippen LogP contribution in [0.25, 0.3) is 0 Å². The maximum absolute atomic E-state index is 13.1. The van der Waals surface area contributed by atoms with Crippen LogP contribution in [0.2, 0.25) is 0 Å². The van der Waals surface area contributed by atoms with Crippen molar-refractivity contribution in [3.8, 4) is 0 Å². The van der Waals surface area contributed by atoms with Crippen molar-refractivity contribution in [2.45, 2.75) is 75.8 Å². The second kappa shape index (κ2) is 6.71. The lowest BCUT2D eigenvalue weighted by Crippen LogP contribution is -2.51. The summed E-state index contributed by atoms with van der Waals surface area (Å²) in [5.41, 5.74) is 0. The van der Waals surface area contributed by atoms with Gasteiger partial charge in [0.1, 0.15) is 0 Å². The molecule has 7 unspecified atom stereocenters. The van der Waals surface area contributed by atoms with Crippen LogP contribution in [0.3, 0.4) is 0 Å². The van der Waals surface area contributed by atoms with Gasteiger partial charge in [-0.1, -0.05) is 33.6 Å². The van der Waals surface area contributed by atoms with Gasteiger partial charge < -0.3 is 5.32 Å². The van der Waals surface area contributed by atoms with Crippen LogP contribution in [-0.2, 0) is 10.8 Å². The molecule has 0 amide bonds. The minimum atomic E-state index is -0.651. The molecule has 7 atom stereocenters. The Hall–Kier alpha value is 0.110. The SMILES string of the molecule is CNC1CC(C)CC(C)C1S(=O)C1CCCC(C)C1. The van der Waals surface area contributed by atoms with Crippen LogP contribution < -0.4 is 5.32 Å². The largest absolute Gasteiger partial charge is 0.316 e. The first-order chi connectivity index (χ1) is 9.02. The Kier molecular flexibility index (Phi) is 5.47. The second-order valence-corrected chi connectivity index (χ2v) is 9.00. The summed E-state index contributed by atoms with van der Waals surface area (Å²) in [6.45, 7) is 6.97. The monoisotopic (exact) mass is 285 g/mol. The standard InChI is InChI=1S/C16H31NOS/c1-11-6-5-7-14(9-11)19(18)16-13(3)8-12(2)10-15(16)17-4/h11-17H,5-10H2,1-4H3. The molecule has 0 radical (unpaired) electrons. The average Bonchev–Trinajstić information content (AvgIpc) is 2.37. The lowest BCUT2D eigenvalue weighted by atomic mass is 9.80. The van der Waals surface area contributed by atoms with Gasteiger partial charge in [-0.2, -0.15) is 0 Å². The molecule has 0 aromatic heterocycles. The van der Waals surface area contributed by atoms with Crippen molar-refractivity contribution in [1.29, 1.82) is 0 Å². The molecule has 2 fully saturated rings. The molecule has 1 N–H and O–H groups in total. The molecule has 2 aliphatic carbocycles. The van der Waals surface area contributed by atoms with E-state index in [0.29, 0.717) is 22.5 Å². The van der Waals surface area contributed by atoms with E-state index in [1.807, 2.05) is 7.05 Å². The van der Waals surface area contributed by atoms with Crippen molar-refractivity contribution in [2.24, 2.45) is 17.8 Å². The lowest BCUT2D eigenvalue weighted by Gasteiger charge is -2.41. The third-order valence-corrected chi connectivity index (χ3v) is 7.66. The highest BCUT2D eigenvalue weighted by Gasteiger charge is 2.40. The minimum Gasteiger partial charge on any atom is -0.316 e. The van der Waals surface area contributed by atoms with Gasteiger partial charge in [0.05, 0.1) is 5.25 Å². The van der Waals surface area contributed by atoms with E-state index in [-0.39, 0.29) is 0 Å². The normalized spacial score (nSPS) is 45.9. The summed E-state index contributed by atoms with van der Waals surface area (Å²) in [5.74, 6) is 2.14. The van der Waals surface area contributed by atoms with E-state index in [4.69, 9.17) is 0 Å². The first-order valence-corrected chi connectivity index (χ1v) is 9.37. The summed E-state index contributed by atoms with van der Waals surface area (Å²) in [5, 5.41) is 4.28. The summed E-state index contributed by atoms with van der Waals surface area (Å²) < 4.78 is 13.1. The van der Waals surface area contributed by atoms with Gasteiger partial charge in [-0.3, -0.25) is 4.21 Å². The molecule has 3 heteroatoms. The van der Waals surface area contributed by atoms with Gasteiger partial charge in [-0.25, -0.2) is 0 Å². The smallest absolute Gasteiger partial charge is 0.0529 e. The maximum Gasteiger partial charge on any atom is 0.0529 e. The third-order valence-electron chi connectivity index (χ3n) is 5.24. The average molecular weight is 285 g/mol.